The zero-order valence-corrected chi connectivity index (χ0v) is 13.3. The summed E-state index contributed by atoms with van der Waals surface area (Å²) in [5.74, 6) is 0.463. The summed E-state index contributed by atoms with van der Waals surface area (Å²) < 4.78 is 4.90. The highest BCUT2D eigenvalue weighted by Crippen LogP contribution is 2.23. The second-order valence-electron chi connectivity index (χ2n) is 3.05. The number of thioether (sulfide) groups is 3. The molecule has 7 nitrogen and oxygen atoms in total. The molecule has 0 spiro atoms. The Bertz CT molecular complexity index is 555. The molecule has 2 N–H and O–H groups in total. The van der Waals surface area contributed by atoms with Gasteiger partial charge < -0.3 is 0 Å². The van der Waals surface area contributed by atoms with Gasteiger partial charge >= 0.3 is 0 Å². The number of aromatic amines is 1. The summed E-state index contributed by atoms with van der Waals surface area (Å²) >= 11 is 5.52. The van der Waals surface area contributed by atoms with Gasteiger partial charge in [0.25, 0.3) is 0 Å². The highest BCUT2D eigenvalue weighted by molar-refractivity contribution is 8.01. The smallest absolute Gasteiger partial charge is 0.237 e. The first kappa shape index (κ1) is 14.6. The second-order valence-corrected chi connectivity index (χ2v) is 6.58. The Morgan fingerprint density at radius 1 is 1.32 bits per heavy atom. The normalized spacial score (nSPS) is 10.6. The van der Waals surface area contributed by atoms with Gasteiger partial charge in [0.1, 0.15) is 0 Å². The van der Waals surface area contributed by atoms with Gasteiger partial charge in [-0.1, -0.05) is 35.3 Å². The van der Waals surface area contributed by atoms with Crippen LogP contribution < -0.4 is 5.32 Å². The van der Waals surface area contributed by atoms with E-state index in [-0.39, 0.29) is 11.7 Å². The number of carbonyl (C=O) groups excluding carboxylic acids is 1. The van der Waals surface area contributed by atoms with Gasteiger partial charge in [0.05, 0.1) is 5.75 Å². The molecule has 2 heterocycles. The maximum Gasteiger partial charge on any atom is 0.237 e. The van der Waals surface area contributed by atoms with Crippen LogP contribution in [0.4, 0.5) is 5.95 Å². The van der Waals surface area contributed by atoms with Crippen LogP contribution in [0.3, 0.4) is 0 Å². The molecule has 0 aliphatic heterocycles. The van der Waals surface area contributed by atoms with E-state index in [0.29, 0.717) is 11.1 Å². The summed E-state index contributed by atoms with van der Waals surface area (Å²) in [6.07, 6.45) is 3.78. The highest BCUT2D eigenvalue weighted by Gasteiger charge is 2.10. The predicted molar refractivity (Wildman–Crippen MR) is 79.2 cm³/mol. The average Bonchev–Trinajstić information content (AvgIpc) is 3.04. The number of nitrogens with one attached hydrogen (secondary N) is 2. The molecule has 2 aromatic rings. The number of H-pyrrole nitrogens is 1. The first-order valence-electron chi connectivity index (χ1n) is 4.98. The van der Waals surface area contributed by atoms with E-state index >= 15 is 0 Å². The van der Waals surface area contributed by atoms with Crippen molar-refractivity contribution in [3.63, 3.8) is 0 Å². The van der Waals surface area contributed by atoms with Gasteiger partial charge in [-0.2, -0.15) is 9.36 Å². The van der Waals surface area contributed by atoms with E-state index in [2.05, 4.69) is 29.9 Å². The van der Waals surface area contributed by atoms with Gasteiger partial charge in [-0.3, -0.25) is 10.1 Å². The average molecular weight is 334 g/mol. The number of hydrogen-bond acceptors (Lipinski definition) is 9. The summed E-state index contributed by atoms with van der Waals surface area (Å²) in [5, 5.41) is 10.5. The molecule has 0 saturated heterocycles. The van der Waals surface area contributed by atoms with Crippen LogP contribution in [0, 0.1) is 0 Å². The molecule has 1 amide bonds. The standard InChI is InChI=1S/C8H10N6OS4/c1-16-6-10-5(12-13-6)9-4(15)3-18-8-11-7(17-2)14-19-8/h3H2,1-2H3,(H2,9,10,12,13,15). The lowest BCUT2D eigenvalue weighted by Gasteiger charge is -1.98. The summed E-state index contributed by atoms with van der Waals surface area (Å²) in [6, 6.07) is 0. The van der Waals surface area contributed by atoms with Crippen LogP contribution in [-0.2, 0) is 4.79 Å². The monoisotopic (exact) mass is 334 g/mol. The van der Waals surface area contributed by atoms with Crippen molar-refractivity contribution < 1.29 is 4.79 Å². The second kappa shape index (κ2) is 7.12. The largest absolute Gasteiger partial charge is 0.294 e. The minimum atomic E-state index is -0.158. The van der Waals surface area contributed by atoms with Gasteiger partial charge in [0, 0.05) is 0 Å². The third kappa shape index (κ3) is 4.37. The van der Waals surface area contributed by atoms with Crippen molar-refractivity contribution >= 4 is 58.7 Å². The third-order valence-electron chi connectivity index (χ3n) is 1.80. The fourth-order valence-corrected chi connectivity index (χ4v) is 3.36. The fourth-order valence-electron chi connectivity index (χ4n) is 1.03. The number of anilines is 1. The molecule has 11 heteroatoms. The van der Waals surface area contributed by atoms with E-state index in [1.807, 2.05) is 12.5 Å². The third-order valence-corrected chi connectivity index (χ3v) is 4.85. The molecule has 0 radical (unpaired) electrons. The Kier molecular flexibility index (Phi) is 5.48. The van der Waals surface area contributed by atoms with Gasteiger partial charge in [-0.15, -0.1) is 5.10 Å². The van der Waals surface area contributed by atoms with E-state index in [1.54, 1.807) is 0 Å². The van der Waals surface area contributed by atoms with E-state index in [9.17, 15) is 4.79 Å². The summed E-state index contributed by atoms with van der Waals surface area (Å²) in [7, 11) is 0. The van der Waals surface area contributed by atoms with Crippen LogP contribution in [0.1, 0.15) is 0 Å². The maximum absolute atomic E-state index is 11.7. The lowest BCUT2D eigenvalue weighted by atomic mass is 10.7. The molecule has 0 bridgehead atoms. The van der Waals surface area contributed by atoms with Crippen molar-refractivity contribution in [3.05, 3.63) is 0 Å². The minimum Gasteiger partial charge on any atom is -0.294 e. The Morgan fingerprint density at radius 3 is 2.74 bits per heavy atom. The number of rotatable bonds is 6. The quantitative estimate of drug-likeness (QED) is 0.772. The van der Waals surface area contributed by atoms with Gasteiger partial charge in [0.15, 0.2) is 4.34 Å². The van der Waals surface area contributed by atoms with Crippen molar-refractivity contribution in [2.45, 2.75) is 14.7 Å². The molecule has 19 heavy (non-hydrogen) atoms. The topological polar surface area (TPSA) is 96.5 Å². The number of aromatic nitrogens is 5. The van der Waals surface area contributed by atoms with Crippen molar-refractivity contribution in [1.82, 2.24) is 24.5 Å². The van der Waals surface area contributed by atoms with E-state index in [0.717, 1.165) is 9.50 Å². The molecular weight excluding hydrogens is 324 g/mol. The molecule has 0 aliphatic rings. The Morgan fingerprint density at radius 2 is 2.11 bits per heavy atom. The number of amides is 1. The number of hydrogen-bond donors (Lipinski definition) is 2. The van der Waals surface area contributed by atoms with Crippen LogP contribution in [0.2, 0.25) is 0 Å². The van der Waals surface area contributed by atoms with Crippen molar-refractivity contribution in [3.8, 4) is 0 Å². The summed E-state index contributed by atoms with van der Waals surface area (Å²) in [5.41, 5.74) is 0. The number of carbonyl (C=O) groups is 1. The molecule has 0 unspecified atom stereocenters. The molecular formula is C8H10N6OS4. The molecule has 0 aromatic carbocycles. The van der Waals surface area contributed by atoms with Crippen LogP contribution >= 0.6 is 46.8 Å². The van der Waals surface area contributed by atoms with Crippen molar-refractivity contribution in [2.75, 3.05) is 23.6 Å². The zero-order chi connectivity index (χ0) is 13.7. The lowest BCUT2D eigenvalue weighted by molar-refractivity contribution is -0.113. The Hall–Kier alpha value is -0.780. The van der Waals surface area contributed by atoms with Gasteiger partial charge in [0.2, 0.25) is 22.2 Å². The van der Waals surface area contributed by atoms with Crippen LogP contribution in [-0.4, -0.2) is 48.7 Å². The van der Waals surface area contributed by atoms with Crippen LogP contribution in [0.25, 0.3) is 0 Å². The molecule has 102 valence electrons. The van der Waals surface area contributed by atoms with Crippen molar-refractivity contribution in [2.24, 2.45) is 0 Å². The lowest BCUT2D eigenvalue weighted by Crippen LogP contribution is -2.15. The highest BCUT2D eigenvalue weighted by atomic mass is 32.2. The molecule has 0 atom stereocenters. The summed E-state index contributed by atoms with van der Waals surface area (Å²) in [4.78, 5) is 20.0. The van der Waals surface area contributed by atoms with E-state index in [1.165, 1.54) is 46.8 Å². The molecule has 0 saturated carbocycles. The van der Waals surface area contributed by atoms with Crippen molar-refractivity contribution in [1.29, 1.82) is 0 Å². The minimum absolute atomic E-state index is 0.158. The van der Waals surface area contributed by atoms with E-state index < -0.39 is 0 Å². The first-order valence-corrected chi connectivity index (χ1v) is 9.19. The Balaban J connectivity index is 1.81. The van der Waals surface area contributed by atoms with Crippen LogP contribution in [0.5, 0.6) is 0 Å². The first-order chi connectivity index (χ1) is 9.21. The molecule has 0 fully saturated rings. The maximum atomic E-state index is 11.7. The zero-order valence-electron chi connectivity index (χ0n) is 10.0. The van der Waals surface area contributed by atoms with Gasteiger partial charge in [-0.25, -0.2) is 10.1 Å². The predicted octanol–water partition coefficient (Wildman–Crippen LogP) is 1.83. The van der Waals surface area contributed by atoms with Gasteiger partial charge in [-0.05, 0) is 24.0 Å². The van der Waals surface area contributed by atoms with Crippen LogP contribution in [0.15, 0.2) is 14.7 Å². The Labute approximate surface area is 126 Å². The SMILES string of the molecule is CSc1n[nH]c(NC(=O)CSc2nc(SC)ns2)n1. The summed E-state index contributed by atoms with van der Waals surface area (Å²) in [6.45, 7) is 0. The fraction of sp³-hybridized carbons (Fsp3) is 0.375. The molecule has 2 rings (SSSR count). The molecule has 2 aromatic heterocycles. The molecule has 0 aliphatic carbocycles. The number of nitrogens with zero attached hydrogens (tertiary/aromatic N) is 4. The van der Waals surface area contributed by atoms with E-state index in [4.69, 9.17) is 0 Å².